The zero-order chi connectivity index (χ0) is 21.6. The van der Waals surface area contributed by atoms with Crippen LogP contribution in [-0.2, 0) is 13.3 Å². The molecule has 9 nitrogen and oxygen atoms in total. The number of nitrogens with one attached hydrogen (secondary N) is 1. The van der Waals surface area contributed by atoms with Crippen molar-refractivity contribution in [3.63, 3.8) is 0 Å². The van der Waals surface area contributed by atoms with E-state index in [4.69, 9.17) is 21.1 Å². The topological polar surface area (TPSA) is 96.1 Å². The third-order valence-corrected chi connectivity index (χ3v) is 4.72. The summed E-state index contributed by atoms with van der Waals surface area (Å²) in [7, 11) is 1.60. The molecule has 0 radical (unpaired) electrons. The monoisotopic (exact) mass is 438 g/mol. The largest absolute Gasteiger partial charge is 0.497 e. The van der Waals surface area contributed by atoms with Gasteiger partial charge in [-0.05, 0) is 42.0 Å². The fraction of sp³-hybridized carbons (Fsp3) is 0.143. The maximum absolute atomic E-state index is 12.4. The highest BCUT2D eigenvalue weighted by atomic mass is 35.5. The van der Waals surface area contributed by atoms with E-state index in [1.165, 1.54) is 11.0 Å². The van der Waals surface area contributed by atoms with Crippen LogP contribution in [0.2, 0.25) is 5.02 Å². The zero-order valence-corrected chi connectivity index (χ0v) is 17.4. The van der Waals surface area contributed by atoms with Gasteiger partial charge in [0.1, 0.15) is 17.8 Å². The number of halogens is 1. The molecule has 0 saturated heterocycles. The third kappa shape index (κ3) is 5.20. The highest BCUT2D eigenvalue weighted by Gasteiger charge is 2.13. The summed E-state index contributed by atoms with van der Waals surface area (Å²) in [6.45, 7) is 0.601. The standard InChI is InChI=1S/C21H19ClN6O3/c1-30-16-6-8-17(9-7-16)31-14-27-11-10-19(25-27)20(29)24-21-23-13-28(26-21)12-15-4-2-3-5-18(15)22/h2-11,13H,12,14H2,1H3,(H,24,26,29). The highest BCUT2D eigenvalue weighted by molar-refractivity contribution is 6.31. The molecule has 0 bridgehead atoms. The molecule has 2 aromatic carbocycles. The molecule has 1 amide bonds. The van der Waals surface area contributed by atoms with Crippen LogP contribution in [0.15, 0.2) is 67.1 Å². The molecule has 0 aliphatic rings. The molecule has 10 heteroatoms. The average Bonchev–Trinajstić information content (AvgIpc) is 3.44. The van der Waals surface area contributed by atoms with Crippen molar-refractivity contribution < 1.29 is 14.3 Å². The molecule has 31 heavy (non-hydrogen) atoms. The second kappa shape index (κ2) is 9.31. The molecule has 0 spiro atoms. The van der Waals surface area contributed by atoms with Crippen LogP contribution in [0.3, 0.4) is 0 Å². The van der Waals surface area contributed by atoms with Crippen LogP contribution >= 0.6 is 11.6 Å². The summed E-state index contributed by atoms with van der Waals surface area (Å²) in [5, 5.41) is 11.7. The Morgan fingerprint density at radius 2 is 1.81 bits per heavy atom. The van der Waals surface area contributed by atoms with Crippen molar-refractivity contribution in [2.75, 3.05) is 12.4 Å². The van der Waals surface area contributed by atoms with Gasteiger partial charge >= 0.3 is 0 Å². The Morgan fingerprint density at radius 3 is 2.58 bits per heavy atom. The lowest BCUT2D eigenvalue weighted by Crippen LogP contribution is -2.15. The summed E-state index contributed by atoms with van der Waals surface area (Å²) < 4.78 is 13.9. The number of benzene rings is 2. The van der Waals surface area contributed by atoms with Gasteiger partial charge in [-0.3, -0.25) is 10.1 Å². The van der Waals surface area contributed by atoms with E-state index in [9.17, 15) is 4.79 Å². The zero-order valence-electron chi connectivity index (χ0n) is 16.6. The van der Waals surface area contributed by atoms with E-state index in [1.807, 2.05) is 24.3 Å². The predicted octanol–water partition coefficient (Wildman–Crippen LogP) is 3.47. The van der Waals surface area contributed by atoms with Crippen molar-refractivity contribution in [1.29, 1.82) is 0 Å². The van der Waals surface area contributed by atoms with Crippen molar-refractivity contribution in [2.45, 2.75) is 13.3 Å². The lowest BCUT2D eigenvalue weighted by molar-refractivity contribution is 0.101. The number of rotatable bonds is 8. The fourth-order valence-corrected chi connectivity index (χ4v) is 2.96. The quantitative estimate of drug-likeness (QED) is 0.452. The van der Waals surface area contributed by atoms with Gasteiger partial charge in [0, 0.05) is 11.2 Å². The van der Waals surface area contributed by atoms with Crippen molar-refractivity contribution in [1.82, 2.24) is 24.5 Å². The summed E-state index contributed by atoms with van der Waals surface area (Å²) in [5.41, 5.74) is 1.13. The molecule has 1 N–H and O–H groups in total. The van der Waals surface area contributed by atoms with E-state index in [2.05, 4.69) is 20.5 Å². The summed E-state index contributed by atoms with van der Waals surface area (Å²) in [5.74, 6) is 1.17. The van der Waals surface area contributed by atoms with Crippen LogP contribution in [0.1, 0.15) is 16.1 Å². The van der Waals surface area contributed by atoms with Crippen molar-refractivity contribution >= 4 is 23.5 Å². The smallest absolute Gasteiger partial charge is 0.278 e. The van der Waals surface area contributed by atoms with Crippen molar-refractivity contribution in [3.8, 4) is 11.5 Å². The van der Waals surface area contributed by atoms with Crippen molar-refractivity contribution in [3.05, 3.63) is 83.4 Å². The van der Waals surface area contributed by atoms with Gasteiger partial charge in [-0.1, -0.05) is 29.8 Å². The minimum Gasteiger partial charge on any atom is -0.497 e. The van der Waals surface area contributed by atoms with Gasteiger partial charge in [0.2, 0.25) is 5.95 Å². The Kier molecular flexibility index (Phi) is 6.13. The van der Waals surface area contributed by atoms with E-state index in [0.29, 0.717) is 17.3 Å². The van der Waals surface area contributed by atoms with Crippen LogP contribution in [0, 0.1) is 0 Å². The Labute approximate surface area is 183 Å². The van der Waals surface area contributed by atoms with Crippen LogP contribution in [0.4, 0.5) is 5.95 Å². The summed E-state index contributed by atoms with van der Waals surface area (Å²) in [6.07, 6.45) is 3.18. The molecule has 158 valence electrons. The molecule has 2 heterocycles. The van der Waals surface area contributed by atoms with Crippen LogP contribution in [0.5, 0.6) is 11.5 Å². The Balaban J connectivity index is 1.32. The first-order valence-electron chi connectivity index (χ1n) is 9.35. The van der Waals surface area contributed by atoms with E-state index in [1.54, 1.807) is 48.3 Å². The number of ether oxygens (including phenoxy) is 2. The maximum Gasteiger partial charge on any atom is 0.278 e. The molecule has 0 aliphatic heterocycles. The second-order valence-corrected chi connectivity index (χ2v) is 6.91. The van der Waals surface area contributed by atoms with E-state index < -0.39 is 5.91 Å². The number of nitrogens with zero attached hydrogens (tertiary/aromatic N) is 5. The number of anilines is 1. The fourth-order valence-electron chi connectivity index (χ4n) is 2.76. The van der Waals surface area contributed by atoms with Gasteiger partial charge in [0.15, 0.2) is 12.4 Å². The lowest BCUT2D eigenvalue weighted by Gasteiger charge is -2.07. The number of hydrogen-bond acceptors (Lipinski definition) is 6. The van der Waals surface area contributed by atoms with Gasteiger partial charge in [0.25, 0.3) is 5.91 Å². The van der Waals surface area contributed by atoms with Crippen LogP contribution in [0.25, 0.3) is 0 Å². The van der Waals surface area contributed by atoms with Gasteiger partial charge in [-0.2, -0.15) is 5.10 Å². The number of methoxy groups -OCH3 is 1. The normalized spacial score (nSPS) is 10.6. The maximum atomic E-state index is 12.4. The molecule has 0 saturated carbocycles. The van der Waals surface area contributed by atoms with E-state index in [0.717, 1.165) is 11.3 Å². The number of hydrogen-bond donors (Lipinski definition) is 1. The number of aromatic nitrogens is 5. The van der Waals surface area contributed by atoms with E-state index >= 15 is 0 Å². The lowest BCUT2D eigenvalue weighted by atomic mass is 10.2. The molecule has 0 unspecified atom stereocenters. The van der Waals surface area contributed by atoms with E-state index in [-0.39, 0.29) is 18.4 Å². The predicted molar refractivity (Wildman–Crippen MR) is 114 cm³/mol. The first kappa shape index (κ1) is 20.4. The third-order valence-electron chi connectivity index (χ3n) is 4.35. The summed E-state index contributed by atoms with van der Waals surface area (Å²) >= 11 is 6.17. The van der Waals surface area contributed by atoms with Crippen LogP contribution < -0.4 is 14.8 Å². The first-order valence-corrected chi connectivity index (χ1v) is 9.73. The number of amides is 1. The molecule has 2 aromatic heterocycles. The SMILES string of the molecule is COc1ccc(OCn2ccc(C(=O)Nc3ncn(Cc4ccccc4Cl)n3)n2)cc1. The van der Waals surface area contributed by atoms with Gasteiger partial charge in [0.05, 0.1) is 13.7 Å². The molecule has 0 aliphatic carbocycles. The van der Waals surface area contributed by atoms with Gasteiger partial charge in [-0.25, -0.2) is 14.3 Å². The van der Waals surface area contributed by atoms with Gasteiger partial charge in [-0.15, -0.1) is 5.10 Å². The van der Waals surface area contributed by atoms with Crippen LogP contribution in [-0.4, -0.2) is 37.6 Å². The van der Waals surface area contributed by atoms with Gasteiger partial charge < -0.3 is 9.47 Å². The Bertz CT molecular complexity index is 1170. The minimum atomic E-state index is -0.418. The second-order valence-electron chi connectivity index (χ2n) is 6.50. The number of carbonyl (C=O) groups excluding carboxylic acids is 1. The van der Waals surface area contributed by atoms with Crippen molar-refractivity contribution in [2.24, 2.45) is 0 Å². The molecule has 0 fully saturated rings. The molecule has 4 aromatic rings. The minimum absolute atomic E-state index is 0.157. The molecular weight excluding hydrogens is 420 g/mol. The Morgan fingerprint density at radius 1 is 1.03 bits per heavy atom. The first-order chi connectivity index (χ1) is 15.1. The highest BCUT2D eigenvalue weighted by Crippen LogP contribution is 2.18. The molecular formula is C21H19ClN6O3. The summed E-state index contributed by atoms with van der Waals surface area (Å²) in [6, 6.07) is 16.3. The Hall–Kier alpha value is -3.85. The molecule has 0 atom stereocenters. The average molecular weight is 439 g/mol. The molecule has 4 rings (SSSR count). The number of carbonyl (C=O) groups is 1. The summed E-state index contributed by atoms with van der Waals surface area (Å²) in [4.78, 5) is 16.6.